The molecule has 1 saturated carbocycles. The van der Waals surface area contributed by atoms with Gasteiger partial charge in [0, 0.05) is 22.9 Å². The van der Waals surface area contributed by atoms with Crippen molar-refractivity contribution in [3.8, 4) is 0 Å². The first kappa shape index (κ1) is 14.0. The molecule has 0 spiro atoms. The van der Waals surface area contributed by atoms with Crippen molar-refractivity contribution >= 4 is 11.3 Å². The topological polar surface area (TPSA) is 24.9 Å². The van der Waals surface area contributed by atoms with E-state index in [-0.39, 0.29) is 5.41 Å². The van der Waals surface area contributed by atoms with Crippen molar-refractivity contribution in [1.82, 2.24) is 10.3 Å². The van der Waals surface area contributed by atoms with E-state index in [2.05, 4.69) is 46.9 Å². The Balaban J connectivity index is 2.05. The first-order valence-electron chi connectivity index (χ1n) is 6.92. The van der Waals surface area contributed by atoms with E-state index >= 15 is 0 Å². The Kier molecular flexibility index (Phi) is 3.58. The number of thiazole rings is 1. The second-order valence-electron chi connectivity index (χ2n) is 7.13. The third-order valence-corrected chi connectivity index (χ3v) is 5.57. The van der Waals surface area contributed by atoms with Gasteiger partial charge in [0.25, 0.3) is 0 Å². The molecule has 0 amide bonds. The van der Waals surface area contributed by atoms with Crippen LogP contribution in [-0.4, -0.2) is 11.5 Å². The summed E-state index contributed by atoms with van der Waals surface area (Å²) in [6, 6.07) is 0.427. The minimum Gasteiger partial charge on any atom is -0.309 e. The van der Waals surface area contributed by atoms with Crippen LogP contribution in [0, 0.1) is 12.3 Å². The average molecular weight is 266 g/mol. The smallest absolute Gasteiger partial charge is 0.0985 e. The molecule has 1 aliphatic carbocycles. The van der Waals surface area contributed by atoms with Crippen molar-refractivity contribution in [3.05, 3.63) is 15.6 Å². The van der Waals surface area contributed by atoms with E-state index in [0.717, 1.165) is 6.54 Å². The van der Waals surface area contributed by atoms with E-state index < -0.39 is 0 Å². The molecule has 1 heterocycles. The zero-order valence-corrected chi connectivity index (χ0v) is 13.4. The number of aromatic nitrogens is 1. The number of hydrogen-bond donors (Lipinski definition) is 1. The molecule has 18 heavy (non-hydrogen) atoms. The maximum Gasteiger partial charge on any atom is 0.0985 e. The Bertz CT molecular complexity index is 424. The van der Waals surface area contributed by atoms with Gasteiger partial charge in [-0.3, -0.25) is 0 Å². The lowest BCUT2D eigenvalue weighted by Crippen LogP contribution is -2.25. The Morgan fingerprint density at radius 3 is 2.44 bits per heavy atom. The van der Waals surface area contributed by atoms with Crippen LogP contribution in [0.2, 0.25) is 0 Å². The van der Waals surface area contributed by atoms with Gasteiger partial charge in [-0.1, -0.05) is 27.7 Å². The first-order chi connectivity index (χ1) is 8.21. The Morgan fingerprint density at radius 2 is 2.00 bits per heavy atom. The highest BCUT2D eigenvalue weighted by Gasteiger charge is 2.37. The number of rotatable bonds is 4. The molecular formula is C15H26N2S. The van der Waals surface area contributed by atoms with Gasteiger partial charge in [0.2, 0.25) is 0 Å². The van der Waals surface area contributed by atoms with E-state index in [1.807, 2.05) is 11.3 Å². The number of hydrogen-bond acceptors (Lipinski definition) is 3. The maximum absolute atomic E-state index is 4.74. The minimum atomic E-state index is 0.163. The summed E-state index contributed by atoms with van der Waals surface area (Å²) in [5.41, 5.74) is 1.93. The highest BCUT2D eigenvalue weighted by Crippen LogP contribution is 2.44. The maximum atomic E-state index is 4.74. The van der Waals surface area contributed by atoms with Gasteiger partial charge >= 0.3 is 0 Å². The Hall–Kier alpha value is -0.410. The van der Waals surface area contributed by atoms with Crippen molar-refractivity contribution in [3.63, 3.8) is 0 Å². The summed E-state index contributed by atoms with van der Waals surface area (Å²) >= 11 is 1.87. The molecule has 0 saturated heterocycles. The van der Waals surface area contributed by atoms with Crippen molar-refractivity contribution in [2.45, 2.75) is 65.8 Å². The molecule has 1 aliphatic rings. The van der Waals surface area contributed by atoms with Crippen LogP contribution < -0.4 is 5.32 Å². The van der Waals surface area contributed by atoms with Crippen LogP contribution in [0.25, 0.3) is 0 Å². The quantitative estimate of drug-likeness (QED) is 0.883. The molecule has 2 nitrogen and oxygen atoms in total. The van der Waals surface area contributed by atoms with Crippen LogP contribution in [0.3, 0.4) is 0 Å². The molecule has 2 rings (SSSR count). The summed E-state index contributed by atoms with van der Waals surface area (Å²) in [6.45, 7) is 14.6. The molecular weight excluding hydrogens is 240 g/mol. The van der Waals surface area contributed by atoms with Crippen LogP contribution in [0.15, 0.2) is 0 Å². The number of nitrogens with zero attached hydrogens (tertiary/aromatic N) is 1. The van der Waals surface area contributed by atoms with E-state index in [4.69, 9.17) is 4.98 Å². The van der Waals surface area contributed by atoms with Crippen LogP contribution in [0.5, 0.6) is 0 Å². The van der Waals surface area contributed by atoms with E-state index in [0.29, 0.717) is 11.5 Å². The first-order valence-corrected chi connectivity index (χ1v) is 7.74. The molecule has 3 heteroatoms. The lowest BCUT2D eigenvalue weighted by molar-refractivity contribution is 0.459. The van der Waals surface area contributed by atoms with Gasteiger partial charge in [0.05, 0.1) is 10.7 Å². The molecule has 102 valence electrons. The number of nitrogens with one attached hydrogen (secondary N) is 1. The Morgan fingerprint density at radius 1 is 1.39 bits per heavy atom. The molecule has 0 aliphatic heterocycles. The molecule has 0 bridgehead atoms. The predicted octanol–water partition coefficient (Wildman–Crippen LogP) is 4.20. The van der Waals surface area contributed by atoms with Gasteiger partial charge in [-0.15, -0.1) is 11.3 Å². The molecule has 1 aromatic heterocycles. The molecule has 1 N–H and O–H groups in total. The zero-order valence-electron chi connectivity index (χ0n) is 12.6. The van der Waals surface area contributed by atoms with Gasteiger partial charge < -0.3 is 5.32 Å². The SMILES string of the molecule is Cc1nc(C(C)(C)C)sc1C(C)NCC1(C)CC1. The van der Waals surface area contributed by atoms with Crippen LogP contribution >= 0.6 is 11.3 Å². The lowest BCUT2D eigenvalue weighted by Gasteiger charge is -2.16. The van der Waals surface area contributed by atoms with Gasteiger partial charge in [0.1, 0.15) is 0 Å². The summed E-state index contributed by atoms with van der Waals surface area (Å²) in [7, 11) is 0. The average Bonchev–Trinajstić information content (AvgIpc) is 2.84. The fourth-order valence-corrected chi connectivity index (χ4v) is 3.16. The van der Waals surface area contributed by atoms with Crippen LogP contribution in [0.4, 0.5) is 0 Å². The minimum absolute atomic E-state index is 0.163. The molecule has 0 radical (unpaired) electrons. The fourth-order valence-electron chi connectivity index (χ4n) is 2.01. The summed E-state index contributed by atoms with van der Waals surface area (Å²) < 4.78 is 0. The summed E-state index contributed by atoms with van der Waals surface area (Å²) in [4.78, 5) is 6.15. The molecule has 1 fully saturated rings. The zero-order chi connectivity index (χ0) is 13.6. The molecule has 1 aromatic rings. The van der Waals surface area contributed by atoms with Crippen LogP contribution in [0.1, 0.15) is 69.1 Å². The Labute approximate surface area is 115 Å². The summed E-state index contributed by atoms with van der Waals surface area (Å²) in [5.74, 6) is 0. The lowest BCUT2D eigenvalue weighted by atomic mass is 9.98. The normalized spacial score (nSPS) is 19.9. The molecule has 1 unspecified atom stereocenters. The van der Waals surface area contributed by atoms with Crippen LogP contribution in [-0.2, 0) is 5.41 Å². The van der Waals surface area contributed by atoms with Crippen molar-refractivity contribution in [2.24, 2.45) is 5.41 Å². The van der Waals surface area contributed by atoms with E-state index in [1.165, 1.54) is 28.4 Å². The number of aryl methyl sites for hydroxylation is 1. The fraction of sp³-hybridized carbons (Fsp3) is 0.800. The molecule has 0 aromatic carbocycles. The predicted molar refractivity (Wildman–Crippen MR) is 79.3 cm³/mol. The second kappa shape index (κ2) is 4.61. The van der Waals surface area contributed by atoms with Crippen molar-refractivity contribution < 1.29 is 0 Å². The van der Waals surface area contributed by atoms with Crippen molar-refractivity contribution in [1.29, 1.82) is 0 Å². The van der Waals surface area contributed by atoms with E-state index in [9.17, 15) is 0 Å². The summed E-state index contributed by atoms with van der Waals surface area (Å²) in [6.07, 6.45) is 2.75. The van der Waals surface area contributed by atoms with Gasteiger partial charge in [0.15, 0.2) is 0 Å². The second-order valence-corrected chi connectivity index (χ2v) is 8.16. The third kappa shape index (κ3) is 3.12. The van der Waals surface area contributed by atoms with Gasteiger partial charge in [-0.05, 0) is 32.1 Å². The standard InChI is InChI=1S/C15H26N2S/c1-10(16-9-15(6)7-8-15)12-11(2)17-13(18-12)14(3,4)5/h10,16H,7-9H2,1-6H3. The monoisotopic (exact) mass is 266 g/mol. The van der Waals surface area contributed by atoms with Crippen molar-refractivity contribution in [2.75, 3.05) is 6.54 Å². The third-order valence-electron chi connectivity index (χ3n) is 3.81. The van der Waals surface area contributed by atoms with E-state index in [1.54, 1.807) is 0 Å². The van der Waals surface area contributed by atoms with Gasteiger partial charge in [-0.2, -0.15) is 0 Å². The van der Waals surface area contributed by atoms with Gasteiger partial charge in [-0.25, -0.2) is 4.98 Å². The largest absolute Gasteiger partial charge is 0.309 e. The highest BCUT2D eigenvalue weighted by atomic mass is 32.1. The molecule has 1 atom stereocenters. The highest BCUT2D eigenvalue weighted by molar-refractivity contribution is 7.12. The summed E-state index contributed by atoms with van der Waals surface area (Å²) in [5, 5.41) is 4.93.